The molecular formula is C11H22N2O. The second-order valence-corrected chi connectivity index (χ2v) is 3.58. The summed E-state index contributed by atoms with van der Waals surface area (Å²) in [6.45, 7) is 10.9. The first kappa shape index (κ1) is 13.2. The van der Waals surface area contributed by atoms with Crippen LogP contribution in [0.1, 0.15) is 27.2 Å². The van der Waals surface area contributed by atoms with Gasteiger partial charge in [0.1, 0.15) is 0 Å². The number of hydrogen-bond donors (Lipinski definition) is 1. The molecule has 0 bridgehead atoms. The highest BCUT2D eigenvalue weighted by molar-refractivity contribution is 5.82. The Morgan fingerprint density at radius 3 is 2.50 bits per heavy atom. The van der Waals surface area contributed by atoms with Crippen LogP contribution in [0.5, 0.6) is 0 Å². The summed E-state index contributed by atoms with van der Waals surface area (Å²) in [4.78, 5) is 13.5. The third kappa shape index (κ3) is 3.50. The molecular weight excluding hydrogens is 176 g/mol. The van der Waals surface area contributed by atoms with Gasteiger partial charge in [-0.3, -0.25) is 4.79 Å². The summed E-state index contributed by atoms with van der Waals surface area (Å²) in [7, 11) is 0. The molecule has 0 aliphatic carbocycles. The largest absolute Gasteiger partial charge is 0.338 e. The lowest BCUT2D eigenvalue weighted by Crippen LogP contribution is -2.47. The molecule has 0 fully saturated rings. The molecule has 82 valence electrons. The number of carbonyl (C=O) groups excluding carboxylic acids is 1. The average molecular weight is 198 g/mol. The molecule has 1 amide bonds. The maximum Gasteiger partial charge on any atom is 0.240 e. The van der Waals surface area contributed by atoms with Gasteiger partial charge in [0.25, 0.3) is 0 Å². The van der Waals surface area contributed by atoms with Crippen LogP contribution < -0.4 is 5.73 Å². The molecule has 0 aromatic heterocycles. The first-order valence-electron chi connectivity index (χ1n) is 5.23. The molecule has 0 unspecified atom stereocenters. The molecule has 0 rings (SSSR count). The van der Waals surface area contributed by atoms with Crippen molar-refractivity contribution in [1.82, 2.24) is 4.90 Å². The van der Waals surface area contributed by atoms with Crippen molar-refractivity contribution in [2.24, 2.45) is 11.7 Å². The summed E-state index contributed by atoms with van der Waals surface area (Å²) in [5.74, 6) is 0.267. The molecule has 0 aliphatic heterocycles. The van der Waals surface area contributed by atoms with Crippen LogP contribution in [0.2, 0.25) is 0 Å². The SMILES string of the molecule is C=CCN(CC)C(=O)[C@@H](N)[C@@H](C)CC. The van der Waals surface area contributed by atoms with Gasteiger partial charge in [0.2, 0.25) is 5.91 Å². The minimum Gasteiger partial charge on any atom is -0.338 e. The third-order valence-electron chi connectivity index (χ3n) is 2.59. The van der Waals surface area contributed by atoms with Gasteiger partial charge in [0.15, 0.2) is 0 Å². The van der Waals surface area contributed by atoms with E-state index in [2.05, 4.69) is 6.58 Å². The lowest BCUT2D eigenvalue weighted by atomic mass is 9.99. The second-order valence-electron chi connectivity index (χ2n) is 3.58. The lowest BCUT2D eigenvalue weighted by Gasteiger charge is -2.25. The standard InChI is InChI=1S/C11H22N2O/c1-5-8-13(7-3)11(14)10(12)9(4)6-2/h5,9-10H,1,6-8,12H2,2-4H3/t9-,10-/m0/s1. The van der Waals surface area contributed by atoms with Crippen molar-refractivity contribution in [1.29, 1.82) is 0 Å². The molecule has 0 spiro atoms. The Bertz CT molecular complexity index is 192. The van der Waals surface area contributed by atoms with Gasteiger partial charge in [-0.25, -0.2) is 0 Å². The van der Waals surface area contributed by atoms with Gasteiger partial charge in [0, 0.05) is 13.1 Å². The van der Waals surface area contributed by atoms with E-state index in [0.29, 0.717) is 13.1 Å². The molecule has 3 heteroatoms. The summed E-state index contributed by atoms with van der Waals surface area (Å²) in [6, 6.07) is -0.375. The van der Waals surface area contributed by atoms with Crippen LogP contribution in [0.15, 0.2) is 12.7 Å². The quantitative estimate of drug-likeness (QED) is 0.656. The van der Waals surface area contributed by atoms with E-state index < -0.39 is 0 Å². The molecule has 0 heterocycles. The van der Waals surface area contributed by atoms with Crippen LogP contribution in [-0.2, 0) is 4.79 Å². The van der Waals surface area contributed by atoms with Gasteiger partial charge in [-0.1, -0.05) is 26.3 Å². The number of rotatable bonds is 6. The number of nitrogens with zero attached hydrogens (tertiary/aromatic N) is 1. The van der Waals surface area contributed by atoms with Crippen molar-refractivity contribution < 1.29 is 4.79 Å². The van der Waals surface area contributed by atoms with E-state index in [1.165, 1.54) is 0 Å². The Morgan fingerprint density at radius 1 is 1.57 bits per heavy atom. The summed E-state index contributed by atoms with van der Waals surface area (Å²) in [5.41, 5.74) is 5.85. The maximum atomic E-state index is 11.8. The molecule has 14 heavy (non-hydrogen) atoms. The molecule has 2 atom stereocenters. The van der Waals surface area contributed by atoms with Crippen LogP contribution >= 0.6 is 0 Å². The molecule has 0 aromatic rings. The number of amides is 1. The fraction of sp³-hybridized carbons (Fsp3) is 0.727. The van der Waals surface area contributed by atoms with Crippen molar-refractivity contribution in [3.05, 3.63) is 12.7 Å². The summed E-state index contributed by atoms with van der Waals surface area (Å²) in [6.07, 6.45) is 2.66. The van der Waals surface area contributed by atoms with E-state index in [0.717, 1.165) is 6.42 Å². The van der Waals surface area contributed by atoms with Crippen LogP contribution in [-0.4, -0.2) is 29.9 Å². The summed E-state index contributed by atoms with van der Waals surface area (Å²) >= 11 is 0. The molecule has 2 N–H and O–H groups in total. The van der Waals surface area contributed by atoms with Crippen LogP contribution in [0.25, 0.3) is 0 Å². The summed E-state index contributed by atoms with van der Waals surface area (Å²) < 4.78 is 0. The van der Waals surface area contributed by atoms with Gasteiger partial charge in [-0.2, -0.15) is 0 Å². The minimum absolute atomic E-state index is 0.0294. The Morgan fingerprint density at radius 2 is 2.14 bits per heavy atom. The Kier molecular flexibility index (Phi) is 6.21. The number of carbonyl (C=O) groups is 1. The average Bonchev–Trinajstić information content (AvgIpc) is 2.22. The Balaban J connectivity index is 4.33. The smallest absolute Gasteiger partial charge is 0.240 e. The zero-order chi connectivity index (χ0) is 11.1. The van der Waals surface area contributed by atoms with Gasteiger partial charge in [0.05, 0.1) is 6.04 Å². The first-order chi connectivity index (χ1) is 6.58. The first-order valence-corrected chi connectivity index (χ1v) is 5.23. The van der Waals surface area contributed by atoms with Gasteiger partial charge >= 0.3 is 0 Å². The summed E-state index contributed by atoms with van der Waals surface area (Å²) in [5, 5.41) is 0. The zero-order valence-electron chi connectivity index (χ0n) is 9.49. The molecule has 0 radical (unpaired) electrons. The van der Waals surface area contributed by atoms with Crippen LogP contribution in [0, 0.1) is 5.92 Å². The lowest BCUT2D eigenvalue weighted by molar-refractivity contribution is -0.133. The van der Waals surface area contributed by atoms with Crippen molar-refractivity contribution in [2.75, 3.05) is 13.1 Å². The van der Waals surface area contributed by atoms with E-state index in [1.54, 1.807) is 11.0 Å². The van der Waals surface area contributed by atoms with E-state index in [9.17, 15) is 4.79 Å². The number of nitrogens with two attached hydrogens (primary N) is 1. The second kappa shape index (κ2) is 6.60. The zero-order valence-corrected chi connectivity index (χ0v) is 9.49. The molecule has 0 aromatic carbocycles. The normalized spacial score (nSPS) is 14.6. The van der Waals surface area contributed by atoms with Crippen molar-refractivity contribution in [3.8, 4) is 0 Å². The predicted molar refractivity (Wildman–Crippen MR) is 59.9 cm³/mol. The van der Waals surface area contributed by atoms with E-state index in [4.69, 9.17) is 5.73 Å². The maximum absolute atomic E-state index is 11.8. The monoisotopic (exact) mass is 198 g/mol. The van der Waals surface area contributed by atoms with Crippen LogP contribution in [0.3, 0.4) is 0 Å². The van der Waals surface area contributed by atoms with Crippen molar-refractivity contribution >= 4 is 5.91 Å². The van der Waals surface area contributed by atoms with Gasteiger partial charge < -0.3 is 10.6 Å². The Labute approximate surface area is 87.0 Å². The van der Waals surface area contributed by atoms with Crippen molar-refractivity contribution in [3.63, 3.8) is 0 Å². The van der Waals surface area contributed by atoms with Crippen molar-refractivity contribution in [2.45, 2.75) is 33.2 Å². The third-order valence-corrected chi connectivity index (χ3v) is 2.59. The Hall–Kier alpha value is -0.830. The molecule has 0 saturated carbocycles. The minimum atomic E-state index is -0.375. The number of likely N-dealkylation sites (N-methyl/N-ethyl adjacent to an activating group) is 1. The highest BCUT2D eigenvalue weighted by Crippen LogP contribution is 2.08. The van der Waals surface area contributed by atoms with E-state index in [-0.39, 0.29) is 17.9 Å². The van der Waals surface area contributed by atoms with Crippen LogP contribution in [0.4, 0.5) is 0 Å². The number of hydrogen-bond acceptors (Lipinski definition) is 2. The van der Waals surface area contributed by atoms with E-state index in [1.807, 2.05) is 20.8 Å². The highest BCUT2D eigenvalue weighted by Gasteiger charge is 2.23. The van der Waals surface area contributed by atoms with Gasteiger partial charge in [-0.15, -0.1) is 6.58 Å². The fourth-order valence-electron chi connectivity index (χ4n) is 1.24. The predicted octanol–water partition coefficient (Wildman–Crippen LogP) is 1.39. The van der Waals surface area contributed by atoms with E-state index >= 15 is 0 Å². The highest BCUT2D eigenvalue weighted by atomic mass is 16.2. The topological polar surface area (TPSA) is 46.3 Å². The fourth-order valence-corrected chi connectivity index (χ4v) is 1.24. The molecule has 3 nitrogen and oxygen atoms in total. The molecule has 0 aliphatic rings. The molecule has 0 saturated heterocycles. The van der Waals surface area contributed by atoms with Gasteiger partial charge in [-0.05, 0) is 12.8 Å².